The minimum absolute atomic E-state index is 0.100. The number of piperazine rings is 1. The van der Waals surface area contributed by atoms with E-state index in [2.05, 4.69) is 28.4 Å². The summed E-state index contributed by atoms with van der Waals surface area (Å²) in [6.07, 6.45) is 2.09. The van der Waals surface area contributed by atoms with Crippen LogP contribution in [0.3, 0.4) is 0 Å². The van der Waals surface area contributed by atoms with Crippen LogP contribution in [0.1, 0.15) is 16.7 Å². The Labute approximate surface area is 187 Å². The van der Waals surface area contributed by atoms with Gasteiger partial charge < -0.3 is 10.1 Å². The molecule has 162 valence electrons. The lowest BCUT2D eigenvalue weighted by atomic mass is 10.0. The van der Waals surface area contributed by atoms with Crippen LogP contribution in [0.25, 0.3) is 22.8 Å². The average molecular weight is 428 g/mol. The number of rotatable bonds is 6. The second kappa shape index (κ2) is 8.94. The number of ether oxygens (including phenoxy) is 1. The van der Waals surface area contributed by atoms with Gasteiger partial charge in [0.2, 0.25) is 0 Å². The molecular weight excluding hydrogens is 402 g/mol. The number of hydrogen-bond acceptors (Lipinski definition) is 5. The zero-order valence-electron chi connectivity index (χ0n) is 17.8. The predicted octanol–water partition coefficient (Wildman–Crippen LogP) is 4.45. The highest BCUT2D eigenvalue weighted by Gasteiger charge is 2.25. The highest BCUT2D eigenvalue weighted by atomic mass is 16.6. The van der Waals surface area contributed by atoms with Crippen LogP contribution in [-0.4, -0.2) is 49.2 Å². The average Bonchev–Trinajstić information content (AvgIpc) is 3.14. The fourth-order valence-electron chi connectivity index (χ4n) is 4.46. The minimum Gasteiger partial charge on any atom is -0.492 e. The summed E-state index contributed by atoms with van der Waals surface area (Å²) in [6.45, 7) is 5.65. The number of nitro groups is 1. The third-order valence-corrected chi connectivity index (χ3v) is 6.11. The molecule has 1 N–H and O–H groups in total. The van der Waals surface area contributed by atoms with Crippen LogP contribution in [-0.2, 0) is 0 Å². The van der Waals surface area contributed by atoms with E-state index < -0.39 is 0 Å². The summed E-state index contributed by atoms with van der Waals surface area (Å²) in [6, 6.07) is 21.2. The molecule has 1 saturated heterocycles. The van der Waals surface area contributed by atoms with Crippen LogP contribution in [0.15, 0.2) is 66.7 Å². The van der Waals surface area contributed by atoms with Crippen molar-refractivity contribution in [2.24, 2.45) is 0 Å². The zero-order chi connectivity index (χ0) is 21.9. The number of non-ortho nitro benzene ring substituents is 1. The van der Waals surface area contributed by atoms with Crippen LogP contribution < -0.4 is 10.1 Å². The molecule has 3 aromatic rings. The second-order valence-electron chi connectivity index (χ2n) is 8.07. The fourth-order valence-corrected chi connectivity index (χ4v) is 4.46. The fraction of sp³-hybridized carbons (Fsp3) is 0.231. The highest BCUT2D eigenvalue weighted by Crippen LogP contribution is 2.46. The SMILES string of the molecule is O=[N+]([O-])c1ccc2c(c1)/C(=C/c1ccccc1OCCN1CCNCC1)c1ccccc1-2. The van der Waals surface area contributed by atoms with E-state index in [1.165, 1.54) is 0 Å². The zero-order valence-corrected chi connectivity index (χ0v) is 17.8. The first-order valence-corrected chi connectivity index (χ1v) is 11.0. The van der Waals surface area contributed by atoms with Gasteiger partial charge in [0.05, 0.1) is 4.92 Å². The molecule has 32 heavy (non-hydrogen) atoms. The first-order chi connectivity index (χ1) is 15.7. The summed E-state index contributed by atoms with van der Waals surface area (Å²) < 4.78 is 6.17. The molecule has 5 rings (SSSR count). The molecule has 6 nitrogen and oxygen atoms in total. The van der Waals surface area contributed by atoms with Crippen LogP contribution in [0, 0.1) is 10.1 Å². The Hall–Kier alpha value is -3.48. The van der Waals surface area contributed by atoms with E-state index in [4.69, 9.17) is 4.74 Å². The van der Waals surface area contributed by atoms with Gasteiger partial charge >= 0.3 is 0 Å². The van der Waals surface area contributed by atoms with Crippen LogP contribution in [0.4, 0.5) is 5.69 Å². The third-order valence-electron chi connectivity index (χ3n) is 6.11. The molecule has 0 amide bonds. The van der Waals surface area contributed by atoms with Crippen molar-refractivity contribution in [1.82, 2.24) is 10.2 Å². The van der Waals surface area contributed by atoms with Crippen molar-refractivity contribution in [2.45, 2.75) is 0 Å². The van der Waals surface area contributed by atoms with E-state index in [9.17, 15) is 10.1 Å². The lowest BCUT2D eigenvalue weighted by molar-refractivity contribution is -0.384. The first kappa shape index (κ1) is 20.4. The van der Waals surface area contributed by atoms with E-state index in [0.717, 1.165) is 71.9 Å². The van der Waals surface area contributed by atoms with Crippen LogP contribution >= 0.6 is 0 Å². The summed E-state index contributed by atoms with van der Waals surface area (Å²) in [5.41, 5.74) is 6.14. The molecule has 0 radical (unpaired) electrons. The Kier molecular flexibility index (Phi) is 5.71. The smallest absolute Gasteiger partial charge is 0.270 e. The molecule has 6 heteroatoms. The molecule has 3 aromatic carbocycles. The number of para-hydroxylation sites is 1. The number of nitrogens with zero attached hydrogens (tertiary/aromatic N) is 2. The molecule has 0 unspecified atom stereocenters. The van der Waals surface area contributed by atoms with Crippen molar-refractivity contribution in [3.63, 3.8) is 0 Å². The van der Waals surface area contributed by atoms with Gasteiger partial charge in [0, 0.05) is 50.4 Å². The van der Waals surface area contributed by atoms with Crippen molar-refractivity contribution >= 4 is 17.3 Å². The third kappa shape index (κ3) is 4.02. The molecular formula is C26H25N3O3. The van der Waals surface area contributed by atoms with Gasteiger partial charge in [-0.25, -0.2) is 0 Å². The molecule has 1 aliphatic carbocycles. The molecule has 0 bridgehead atoms. The van der Waals surface area contributed by atoms with Gasteiger partial charge in [-0.1, -0.05) is 42.5 Å². The van der Waals surface area contributed by atoms with Gasteiger partial charge in [0.1, 0.15) is 12.4 Å². The Morgan fingerprint density at radius 2 is 1.66 bits per heavy atom. The lowest BCUT2D eigenvalue weighted by Crippen LogP contribution is -2.44. The van der Waals surface area contributed by atoms with E-state index in [-0.39, 0.29) is 10.6 Å². The van der Waals surface area contributed by atoms with E-state index >= 15 is 0 Å². The quantitative estimate of drug-likeness (QED) is 0.364. The predicted molar refractivity (Wildman–Crippen MR) is 127 cm³/mol. The summed E-state index contributed by atoms with van der Waals surface area (Å²) in [5, 5.41) is 14.8. The van der Waals surface area contributed by atoms with Crippen molar-refractivity contribution in [1.29, 1.82) is 0 Å². The van der Waals surface area contributed by atoms with Crippen molar-refractivity contribution < 1.29 is 9.66 Å². The molecule has 0 atom stereocenters. The Balaban J connectivity index is 1.47. The van der Waals surface area contributed by atoms with Gasteiger partial charge in [-0.3, -0.25) is 15.0 Å². The van der Waals surface area contributed by atoms with Gasteiger partial charge in [0.25, 0.3) is 5.69 Å². The maximum atomic E-state index is 11.4. The van der Waals surface area contributed by atoms with Gasteiger partial charge in [-0.05, 0) is 46.0 Å². The summed E-state index contributed by atoms with van der Waals surface area (Å²) >= 11 is 0. The number of nitrogens with one attached hydrogen (secondary N) is 1. The molecule has 0 saturated carbocycles. The number of nitro benzene ring substituents is 1. The maximum absolute atomic E-state index is 11.4. The number of fused-ring (bicyclic) bond motifs is 3. The highest BCUT2D eigenvalue weighted by molar-refractivity contribution is 6.07. The van der Waals surface area contributed by atoms with Crippen molar-refractivity contribution in [3.05, 3.63) is 93.5 Å². The molecule has 1 heterocycles. The monoisotopic (exact) mass is 427 g/mol. The van der Waals surface area contributed by atoms with Gasteiger partial charge in [-0.15, -0.1) is 0 Å². The number of benzene rings is 3. The van der Waals surface area contributed by atoms with Crippen molar-refractivity contribution in [3.8, 4) is 16.9 Å². The maximum Gasteiger partial charge on any atom is 0.270 e. The topological polar surface area (TPSA) is 67.6 Å². The minimum atomic E-state index is -0.339. The first-order valence-electron chi connectivity index (χ1n) is 11.0. The Morgan fingerprint density at radius 3 is 2.47 bits per heavy atom. The second-order valence-corrected chi connectivity index (χ2v) is 8.07. The van der Waals surface area contributed by atoms with E-state index in [1.807, 2.05) is 42.5 Å². The van der Waals surface area contributed by atoms with Gasteiger partial charge in [-0.2, -0.15) is 0 Å². The molecule has 0 spiro atoms. The normalized spacial score (nSPS) is 16.6. The summed E-state index contributed by atoms with van der Waals surface area (Å²) in [7, 11) is 0. The van der Waals surface area contributed by atoms with E-state index in [0.29, 0.717) is 6.61 Å². The Morgan fingerprint density at radius 1 is 0.938 bits per heavy atom. The Bertz CT molecular complexity index is 1180. The van der Waals surface area contributed by atoms with Crippen LogP contribution in [0.5, 0.6) is 5.75 Å². The lowest BCUT2D eigenvalue weighted by Gasteiger charge is -2.27. The summed E-state index contributed by atoms with van der Waals surface area (Å²) in [5.74, 6) is 0.825. The van der Waals surface area contributed by atoms with Crippen molar-refractivity contribution in [2.75, 3.05) is 39.3 Å². The molecule has 1 aliphatic heterocycles. The molecule has 0 aromatic heterocycles. The molecule has 2 aliphatic rings. The molecule has 1 fully saturated rings. The number of hydrogen-bond donors (Lipinski definition) is 1. The largest absolute Gasteiger partial charge is 0.492 e. The summed E-state index contributed by atoms with van der Waals surface area (Å²) in [4.78, 5) is 13.5. The standard InChI is InChI=1S/C26H25N3O3/c30-29(31)20-9-10-23-21-6-2-3-7-22(21)24(25(23)18-20)17-19-5-1-4-8-26(19)32-16-15-28-13-11-27-12-14-28/h1-10,17-18,27H,11-16H2/b24-17+. The van der Waals surface area contributed by atoms with E-state index in [1.54, 1.807) is 12.1 Å². The van der Waals surface area contributed by atoms with Gasteiger partial charge in [0.15, 0.2) is 0 Å². The van der Waals surface area contributed by atoms with Crippen LogP contribution in [0.2, 0.25) is 0 Å².